The highest BCUT2D eigenvalue weighted by Gasteiger charge is 2.39. The van der Waals surface area contributed by atoms with E-state index in [1.807, 2.05) is 0 Å². The van der Waals surface area contributed by atoms with Crippen LogP contribution in [-0.2, 0) is 5.67 Å². The van der Waals surface area contributed by atoms with Gasteiger partial charge >= 0.3 is 0 Å². The standard InChI is InChI=1S/C24H25F3O/c1-2-3-4-5-14-28-22-11-6-8-18(15-22)23-17-21(26)12-13-24(23,27)19-9-7-10-20(25)16-19/h6-12,15-17H,2-5,13-14H2,1H3. The van der Waals surface area contributed by atoms with E-state index in [1.54, 1.807) is 24.3 Å². The lowest BCUT2D eigenvalue weighted by Crippen LogP contribution is -2.24. The Kier molecular flexibility index (Phi) is 6.61. The van der Waals surface area contributed by atoms with Crippen LogP contribution >= 0.6 is 0 Å². The molecule has 2 aromatic rings. The summed E-state index contributed by atoms with van der Waals surface area (Å²) < 4.78 is 49.5. The Morgan fingerprint density at radius 1 is 1.00 bits per heavy atom. The van der Waals surface area contributed by atoms with E-state index in [9.17, 15) is 8.78 Å². The van der Waals surface area contributed by atoms with Gasteiger partial charge in [0, 0.05) is 12.0 Å². The van der Waals surface area contributed by atoms with Crippen LogP contribution in [0.15, 0.2) is 66.5 Å². The first-order valence-corrected chi connectivity index (χ1v) is 9.79. The van der Waals surface area contributed by atoms with E-state index in [0.717, 1.165) is 19.3 Å². The fourth-order valence-electron chi connectivity index (χ4n) is 3.45. The average Bonchev–Trinajstić information content (AvgIpc) is 2.70. The van der Waals surface area contributed by atoms with E-state index in [2.05, 4.69) is 6.92 Å². The molecule has 0 N–H and O–H groups in total. The van der Waals surface area contributed by atoms with Crippen LogP contribution in [0.3, 0.4) is 0 Å². The molecule has 1 unspecified atom stereocenters. The van der Waals surface area contributed by atoms with Crippen molar-refractivity contribution < 1.29 is 17.9 Å². The largest absolute Gasteiger partial charge is 0.494 e. The zero-order valence-corrected chi connectivity index (χ0v) is 16.1. The molecule has 0 bridgehead atoms. The third-order valence-electron chi connectivity index (χ3n) is 4.98. The van der Waals surface area contributed by atoms with E-state index in [1.165, 1.54) is 42.8 Å². The summed E-state index contributed by atoms with van der Waals surface area (Å²) in [7, 11) is 0. The molecule has 0 aliphatic heterocycles. The minimum Gasteiger partial charge on any atom is -0.494 e. The maximum atomic E-state index is 16.0. The molecule has 0 amide bonds. The van der Waals surface area contributed by atoms with Gasteiger partial charge in [-0.1, -0.05) is 50.5 Å². The van der Waals surface area contributed by atoms with E-state index in [-0.39, 0.29) is 17.6 Å². The molecule has 28 heavy (non-hydrogen) atoms. The average molecular weight is 386 g/mol. The fraction of sp³-hybridized carbons (Fsp3) is 0.333. The summed E-state index contributed by atoms with van der Waals surface area (Å²) in [6.07, 6.45) is 6.58. The zero-order valence-electron chi connectivity index (χ0n) is 16.1. The van der Waals surface area contributed by atoms with Crippen LogP contribution in [0.1, 0.15) is 50.2 Å². The summed E-state index contributed by atoms with van der Waals surface area (Å²) in [6, 6.07) is 12.4. The highest BCUT2D eigenvalue weighted by atomic mass is 19.1. The molecule has 0 saturated carbocycles. The van der Waals surface area contributed by atoms with Crippen LogP contribution in [0.25, 0.3) is 5.57 Å². The molecular weight excluding hydrogens is 361 g/mol. The van der Waals surface area contributed by atoms with Crippen molar-refractivity contribution in [2.45, 2.75) is 44.7 Å². The van der Waals surface area contributed by atoms with Crippen LogP contribution in [-0.4, -0.2) is 6.61 Å². The highest BCUT2D eigenvalue weighted by molar-refractivity contribution is 5.77. The topological polar surface area (TPSA) is 9.23 Å². The molecule has 0 fully saturated rings. The SMILES string of the molecule is CCCCCCOc1cccc(C2=CC(F)=CCC2(F)c2cccc(F)c2)c1. The number of allylic oxidation sites excluding steroid dienone is 4. The predicted octanol–water partition coefficient (Wildman–Crippen LogP) is 7.29. The van der Waals surface area contributed by atoms with Gasteiger partial charge in [-0.25, -0.2) is 13.2 Å². The first kappa shape index (κ1) is 20.2. The van der Waals surface area contributed by atoms with Gasteiger partial charge in [-0.3, -0.25) is 0 Å². The van der Waals surface area contributed by atoms with Crippen LogP contribution in [0, 0.1) is 5.82 Å². The van der Waals surface area contributed by atoms with Gasteiger partial charge in [-0.05, 0) is 54.0 Å². The zero-order chi connectivity index (χ0) is 20.0. The van der Waals surface area contributed by atoms with Crippen molar-refractivity contribution in [2.24, 2.45) is 0 Å². The second-order valence-electron chi connectivity index (χ2n) is 7.10. The van der Waals surface area contributed by atoms with Crippen molar-refractivity contribution in [3.63, 3.8) is 0 Å². The van der Waals surface area contributed by atoms with E-state index in [4.69, 9.17) is 4.74 Å². The van der Waals surface area contributed by atoms with Gasteiger partial charge in [0.15, 0.2) is 5.67 Å². The molecule has 0 aromatic heterocycles. The fourth-order valence-corrected chi connectivity index (χ4v) is 3.45. The van der Waals surface area contributed by atoms with Crippen LogP contribution in [0.5, 0.6) is 5.75 Å². The maximum Gasteiger partial charge on any atom is 0.165 e. The molecule has 3 rings (SSSR count). The molecule has 1 aliphatic carbocycles. The Morgan fingerprint density at radius 3 is 2.61 bits per heavy atom. The van der Waals surface area contributed by atoms with Gasteiger partial charge in [-0.15, -0.1) is 0 Å². The van der Waals surface area contributed by atoms with Gasteiger partial charge in [0.05, 0.1) is 6.61 Å². The summed E-state index contributed by atoms with van der Waals surface area (Å²) in [5.41, 5.74) is -1.12. The van der Waals surface area contributed by atoms with Crippen LogP contribution < -0.4 is 4.74 Å². The second kappa shape index (κ2) is 9.13. The van der Waals surface area contributed by atoms with Crippen molar-refractivity contribution in [2.75, 3.05) is 6.61 Å². The molecule has 1 nitrogen and oxygen atoms in total. The minimum absolute atomic E-state index is 0.174. The number of hydrogen-bond acceptors (Lipinski definition) is 1. The normalized spacial score (nSPS) is 19.1. The van der Waals surface area contributed by atoms with Crippen molar-refractivity contribution in [1.82, 2.24) is 0 Å². The molecule has 2 aromatic carbocycles. The number of unbranched alkanes of at least 4 members (excludes halogenated alkanes) is 3. The molecule has 4 heteroatoms. The third kappa shape index (κ3) is 4.67. The van der Waals surface area contributed by atoms with Gasteiger partial charge < -0.3 is 4.74 Å². The van der Waals surface area contributed by atoms with Crippen LogP contribution in [0.4, 0.5) is 13.2 Å². The minimum atomic E-state index is -2.00. The molecule has 0 heterocycles. The molecule has 1 atom stereocenters. The summed E-state index contributed by atoms with van der Waals surface area (Å²) in [5, 5.41) is 0. The van der Waals surface area contributed by atoms with Gasteiger partial charge in [0.1, 0.15) is 17.4 Å². The third-order valence-corrected chi connectivity index (χ3v) is 4.98. The van der Waals surface area contributed by atoms with Gasteiger partial charge in [0.2, 0.25) is 0 Å². The summed E-state index contributed by atoms with van der Waals surface area (Å²) >= 11 is 0. The smallest absolute Gasteiger partial charge is 0.165 e. The monoisotopic (exact) mass is 386 g/mol. The number of halogens is 3. The maximum absolute atomic E-state index is 16.0. The van der Waals surface area contributed by atoms with Crippen LogP contribution in [0.2, 0.25) is 0 Å². The van der Waals surface area contributed by atoms with Crippen molar-refractivity contribution in [3.8, 4) is 5.75 Å². The lowest BCUT2D eigenvalue weighted by molar-refractivity contribution is 0.246. The van der Waals surface area contributed by atoms with Gasteiger partial charge in [0.25, 0.3) is 0 Å². The number of benzene rings is 2. The summed E-state index contributed by atoms with van der Waals surface area (Å²) in [4.78, 5) is 0. The molecule has 0 spiro atoms. The number of rotatable bonds is 8. The lowest BCUT2D eigenvalue weighted by Gasteiger charge is -2.30. The Hall–Kier alpha value is -2.49. The van der Waals surface area contributed by atoms with Gasteiger partial charge in [-0.2, -0.15) is 0 Å². The molecule has 0 radical (unpaired) electrons. The first-order chi connectivity index (χ1) is 13.5. The number of hydrogen-bond donors (Lipinski definition) is 0. The first-order valence-electron chi connectivity index (χ1n) is 9.79. The second-order valence-corrected chi connectivity index (χ2v) is 7.10. The van der Waals surface area contributed by atoms with E-state index < -0.39 is 17.3 Å². The molecule has 148 valence electrons. The summed E-state index contributed by atoms with van der Waals surface area (Å²) in [5.74, 6) is -0.398. The quantitative estimate of drug-likeness (QED) is 0.433. The Morgan fingerprint density at radius 2 is 1.82 bits per heavy atom. The molecular formula is C24H25F3O. The molecule has 0 saturated heterocycles. The summed E-state index contributed by atoms with van der Waals surface area (Å²) in [6.45, 7) is 2.74. The predicted molar refractivity (Wildman–Crippen MR) is 107 cm³/mol. The lowest BCUT2D eigenvalue weighted by atomic mass is 9.78. The highest BCUT2D eigenvalue weighted by Crippen LogP contribution is 2.47. The van der Waals surface area contributed by atoms with E-state index >= 15 is 4.39 Å². The number of alkyl halides is 1. The van der Waals surface area contributed by atoms with Crippen molar-refractivity contribution in [3.05, 3.63) is 83.5 Å². The number of ether oxygens (including phenoxy) is 1. The van der Waals surface area contributed by atoms with Crippen molar-refractivity contribution in [1.29, 1.82) is 0 Å². The van der Waals surface area contributed by atoms with Crippen molar-refractivity contribution >= 4 is 5.57 Å². The Balaban J connectivity index is 1.87. The Bertz CT molecular complexity index is 872. The molecule has 1 aliphatic rings. The Labute approximate surface area is 164 Å². The van der Waals surface area contributed by atoms with E-state index in [0.29, 0.717) is 17.9 Å².